The fourth-order valence-electron chi connectivity index (χ4n) is 1.31. The van der Waals surface area contributed by atoms with Gasteiger partial charge in [-0.3, -0.25) is 4.90 Å². The van der Waals surface area contributed by atoms with E-state index in [1.54, 1.807) is 0 Å². The molecule has 0 spiro atoms. The SMILES string of the molecule is CNCC(C)N(C)C(C)C(C)C. The van der Waals surface area contributed by atoms with Gasteiger partial charge in [-0.15, -0.1) is 0 Å². The number of likely N-dealkylation sites (N-methyl/N-ethyl adjacent to an activating group) is 2. The summed E-state index contributed by atoms with van der Waals surface area (Å²) >= 11 is 0. The molecule has 0 saturated carbocycles. The van der Waals surface area contributed by atoms with Crippen LogP contribution in [0.25, 0.3) is 0 Å². The maximum Gasteiger partial charge on any atom is 0.0192 e. The summed E-state index contributed by atoms with van der Waals surface area (Å²) < 4.78 is 0. The normalized spacial score (nSPS) is 17.0. The second-order valence-electron chi connectivity index (χ2n) is 4.06. The molecule has 2 heteroatoms. The fourth-order valence-corrected chi connectivity index (χ4v) is 1.31. The monoisotopic (exact) mass is 172 g/mol. The molecule has 0 aromatic rings. The Kier molecular flexibility index (Phi) is 5.51. The van der Waals surface area contributed by atoms with Crippen LogP contribution in [-0.4, -0.2) is 37.6 Å². The van der Waals surface area contributed by atoms with Gasteiger partial charge in [0.15, 0.2) is 0 Å². The van der Waals surface area contributed by atoms with Gasteiger partial charge in [-0.05, 0) is 33.9 Å². The highest BCUT2D eigenvalue weighted by molar-refractivity contribution is 4.73. The van der Waals surface area contributed by atoms with Gasteiger partial charge in [-0.25, -0.2) is 0 Å². The molecular weight excluding hydrogens is 148 g/mol. The summed E-state index contributed by atoms with van der Waals surface area (Å²) in [7, 11) is 4.21. The van der Waals surface area contributed by atoms with E-state index in [4.69, 9.17) is 0 Å². The van der Waals surface area contributed by atoms with Gasteiger partial charge in [0, 0.05) is 18.6 Å². The summed E-state index contributed by atoms with van der Waals surface area (Å²) in [5.74, 6) is 0.731. The van der Waals surface area contributed by atoms with E-state index in [9.17, 15) is 0 Å². The molecular formula is C10H24N2. The molecule has 0 aliphatic heterocycles. The Morgan fingerprint density at radius 3 is 2.00 bits per heavy atom. The first-order valence-electron chi connectivity index (χ1n) is 4.87. The minimum atomic E-state index is 0.618. The van der Waals surface area contributed by atoms with E-state index in [2.05, 4.69) is 45.0 Å². The van der Waals surface area contributed by atoms with Crippen LogP contribution in [0.15, 0.2) is 0 Å². The Hall–Kier alpha value is -0.0800. The zero-order valence-electron chi connectivity index (χ0n) is 9.39. The van der Waals surface area contributed by atoms with Crippen LogP contribution in [0, 0.1) is 5.92 Å². The number of hydrogen-bond acceptors (Lipinski definition) is 2. The Labute approximate surface area is 77.3 Å². The molecule has 12 heavy (non-hydrogen) atoms. The summed E-state index contributed by atoms with van der Waals surface area (Å²) in [6.07, 6.45) is 0. The van der Waals surface area contributed by atoms with Crippen LogP contribution in [0.2, 0.25) is 0 Å². The molecule has 0 radical (unpaired) electrons. The van der Waals surface area contributed by atoms with Gasteiger partial charge in [-0.1, -0.05) is 13.8 Å². The Morgan fingerprint density at radius 1 is 1.17 bits per heavy atom. The maximum absolute atomic E-state index is 3.20. The van der Waals surface area contributed by atoms with Gasteiger partial charge in [0.05, 0.1) is 0 Å². The van der Waals surface area contributed by atoms with Crippen molar-refractivity contribution < 1.29 is 0 Å². The molecule has 0 aliphatic rings. The predicted octanol–water partition coefficient (Wildman–Crippen LogP) is 1.57. The fraction of sp³-hybridized carbons (Fsp3) is 1.00. The number of rotatable bonds is 5. The number of nitrogens with one attached hydrogen (secondary N) is 1. The van der Waals surface area contributed by atoms with Gasteiger partial charge in [-0.2, -0.15) is 0 Å². The van der Waals surface area contributed by atoms with Crippen molar-refractivity contribution in [2.75, 3.05) is 20.6 Å². The molecule has 2 unspecified atom stereocenters. The van der Waals surface area contributed by atoms with Crippen LogP contribution in [0.3, 0.4) is 0 Å². The molecule has 1 N–H and O–H groups in total. The lowest BCUT2D eigenvalue weighted by Gasteiger charge is -2.33. The molecule has 0 aromatic heterocycles. The van der Waals surface area contributed by atoms with Gasteiger partial charge in [0.2, 0.25) is 0 Å². The molecule has 0 aromatic carbocycles. The van der Waals surface area contributed by atoms with Crippen LogP contribution < -0.4 is 5.32 Å². The molecule has 2 nitrogen and oxygen atoms in total. The number of hydrogen-bond donors (Lipinski definition) is 1. The first kappa shape index (κ1) is 11.9. The number of nitrogens with zero attached hydrogens (tertiary/aromatic N) is 1. The molecule has 0 saturated heterocycles. The van der Waals surface area contributed by atoms with Gasteiger partial charge < -0.3 is 5.32 Å². The standard InChI is InChI=1S/C10H24N2/c1-8(2)10(4)12(6)9(3)7-11-5/h8-11H,7H2,1-6H3. The van der Waals surface area contributed by atoms with Crippen molar-refractivity contribution in [1.82, 2.24) is 10.2 Å². The minimum Gasteiger partial charge on any atom is -0.318 e. The van der Waals surface area contributed by atoms with Crippen LogP contribution in [0.4, 0.5) is 0 Å². The predicted molar refractivity (Wildman–Crippen MR) is 55.5 cm³/mol. The van der Waals surface area contributed by atoms with Crippen molar-refractivity contribution in [2.45, 2.75) is 39.8 Å². The van der Waals surface area contributed by atoms with Crippen molar-refractivity contribution >= 4 is 0 Å². The highest BCUT2D eigenvalue weighted by Crippen LogP contribution is 2.10. The summed E-state index contributed by atoms with van der Waals surface area (Å²) in [6.45, 7) is 10.2. The molecule has 74 valence electrons. The zero-order chi connectivity index (χ0) is 9.72. The van der Waals surface area contributed by atoms with E-state index in [0.717, 1.165) is 12.5 Å². The highest BCUT2D eigenvalue weighted by Gasteiger charge is 2.17. The Balaban J connectivity index is 3.90. The van der Waals surface area contributed by atoms with Crippen molar-refractivity contribution in [1.29, 1.82) is 0 Å². The largest absolute Gasteiger partial charge is 0.318 e. The molecule has 0 fully saturated rings. The Bertz CT molecular complexity index is 112. The molecule has 0 amide bonds. The second-order valence-corrected chi connectivity index (χ2v) is 4.06. The molecule has 2 atom stereocenters. The third-order valence-electron chi connectivity index (χ3n) is 2.80. The second kappa shape index (κ2) is 5.55. The first-order valence-corrected chi connectivity index (χ1v) is 4.87. The van der Waals surface area contributed by atoms with E-state index in [1.165, 1.54) is 0 Å². The average Bonchev–Trinajstić information content (AvgIpc) is 2.02. The van der Waals surface area contributed by atoms with Gasteiger partial charge in [0.25, 0.3) is 0 Å². The van der Waals surface area contributed by atoms with Crippen molar-refractivity contribution in [2.24, 2.45) is 5.92 Å². The highest BCUT2D eigenvalue weighted by atomic mass is 15.2. The van der Waals surface area contributed by atoms with E-state index in [1.807, 2.05) is 7.05 Å². The lowest BCUT2D eigenvalue weighted by Crippen LogP contribution is -2.44. The van der Waals surface area contributed by atoms with Gasteiger partial charge in [0.1, 0.15) is 0 Å². The molecule has 0 rings (SSSR count). The summed E-state index contributed by atoms with van der Waals surface area (Å²) in [6, 6.07) is 1.28. The van der Waals surface area contributed by atoms with E-state index in [0.29, 0.717) is 12.1 Å². The van der Waals surface area contributed by atoms with Gasteiger partial charge >= 0.3 is 0 Å². The third-order valence-corrected chi connectivity index (χ3v) is 2.80. The van der Waals surface area contributed by atoms with E-state index in [-0.39, 0.29) is 0 Å². The minimum absolute atomic E-state index is 0.618. The van der Waals surface area contributed by atoms with Crippen LogP contribution >= 0.6 is 0 Å². The van der Waals surface area contributed by atoms with E-state index < -0.39 is 0 Å². The first-order chi connectivity index (χ1) is 5.50. The molecule has 0 heterocycles. The Morgan fingerprint density at radius 2 is 1.67 bits per heavy atom. The smallest absolute Gasteiger partial charge is 0.0192 e. The lowest BCUT2D eigenvalue weighted by atomic mass is 10.0. The average molecular weight is 172 g/mol. The summed E-state index contributed by atoms with van der Waals surface area (Å²) in [5, 5.41) is 3.20. The van der Waals surface area contributed by atoms with Crippen molar-refractivity contribution in [3.8, 4) is 0 Å². The van der Waals surface area contributed by atoms with Crippen LogP contribution in [0.5, 0.6) is 0 Å². The summed E-state index contributed by atoms with van der Waals surface area (Å²) in [4.78, 5) is 2.43. The van der Waals surface area contributed by atoms with E-state index >= 15 is 0 Å². The third kappa shape index (κ3) is 3.55. The quantitative estimate of drug-likeness (QED) is 0.677. The topological polar surface area (TPSA) is 15.3 Å². The molecule has 0 bridgehead atoms. The lowest BCUT2D eigenvalue weighted by molar-refractivity contribution is 0.157. The van der Waals surface area contributed by atoms with Crippen molar-refractivity contribution in [3.05, 3.63) is 0 Å². The van der Waals surface area contributed by atoms with Crippen LogP contribution in [-0.2, 0) is 0 Å². The molecule has 0 aliphatic carbocycles. The summed E-state index contributed by atoms with van der Waals surface area (Å²) in [5.41, 5.74) is 0. The van der Waals surface area contributed by atoms with Crippen LogP contribution in [0.1, 0.15) is 27.7 Å². The van der Waals surface area contributed by atoms with Crippen molar-refractivity contribution in [3.63, 3.8) is 0 Å². The maximum atomic E-state index is 3.20. The zero-order valence-corrected chi connectivity index (χ0v) is 9.39.